The third-order valence-corrected chi connectivity index (χ3v) is 3.70. The summed E-state index contributed by atoms with van der Waals surface area (Å²) in [6, 6.07) is 0. The molecule has 0 bridgehead atoms. The van der Waals surface area contributed by atoms with Gasteiger partial charge in [0.05, 0.1) is 6.54 Å². The Bertz CT molecular complexity index is 388. The van der Waals surface area contributed by atoms with Gasteiger partial charge >= 0.3 is 0 Å². The lowest BCUT2D eigenvalue weighted by Gasteiger charge is -2.30. The van der Waals surface area contributed by atoms with Gasteiger partial charge in [-0.2, -0.15) is 4.98 Å². The first-order chi connectivity index (χ1) is 8.99. The first-order valence-corrected chi connectivity index (χ1v) is 7.19. The molecule has 0 aromatic carbocycles. The summed E-state index contributed by atoms with van der Waals surface area (Å²) in [7, 11) is 2.03. The predicted octanol–water partition coefficient (Wildman–Crippen LogP) is 1.80. The summed E-state index contributed by atoms with van der Waals surface area (Å²) in [6.45, 7) is 10.5. The molecule has 5 nitrogen and oxygen atoms in total. The highest BCUT2D eigenvalue weighted by Crippen LogP contribution is 2.21. The van der Waals surface area contributed by atoms with E-state index in [1.54, 1.807) is 0 Å². The SMILES string of the molecule is CNCC1CCN(Cc2nc(C(C)(C)C)no2)CC1. The molecule has 1 aromatic heterocycles. The van der Waals surface area contributed by atoms with Gasteiger partial charge in [0.25, 0.3) is 0 Å². The van der Waals surface area contributed by atoms with Crippen molar-refractivity contribution in [1.29, 1.82) is 0 Å². The maximum absolute atomic E-state index is 5.35. The van der Waals surface area contributed by atoms with E-state index in [4.69, 9.17) is 4.52 Å². The summed E-state index contributed by atoms with van der Waals surface area (Å²) in [5.41, 5.74) is -0.0401. The molecule has 2 heterocycles. The fourth-order valence-corrected chi connectivity index (χ4v) is 2.45. The zero-order chi connectivity index (χ0) is 13.9. The molecule has 1 aliphatic heterocycles. The average Bonchev–Trinajstić information content (AvgIpc) is 2.80. The van der Waals surface area contributed by atoms with Crippen molar-refractivity contribution in [3.05, 3.63) is 11.7 Å². The monoisotopic (exact) mass is 266 g/mol. The smallest absolute Gasteiger partial charge is 0.240 e. The minimum atomic E-state index is -0.0401. The summed E-state index contributed by atoms with van der Waals surface area (Å²) < 4.78 is 5.35. The molecule has 0 amide bonds. The normalized spacial score (nSPS) is 18.9. The standard InChI is InChI=1S/C14H26N4O/c1-14(2,3)13-16-12(19-17-13)10-18-7-5-11(6-8-18)9-15-4/h11,15H,5-10H2,1-4H3. The zero-order valence-electron chi connectivity index (χ0n) is 12.6. The number of rotatable bonds is 4. The van der Waals surface area contributed by atoms with Gasteiger partial charge in [0.1, 0.15) is 0 Å². The molecule has 0 aliphatic carbocycles. The summed E-state index contributed by atoms with van der Waals surface area (Å²) in [4.78, 5) is 6.91. The van der Waals surface area contributed by atoms with Crippen LogP contribution in [0.3, 0.4) is 0 Å². The highest BCUT2D eigenvalue weighted by Gasteiger charge is 2.23. The van der Waals surface area contributed by atoms with Gasteiger partial charge in [0.2, 0.25) is 5.89 Å². The second-order valence-corrected chi connectivity index (χ2v) is 6.54. The number of nitrogens with zero attached hydrogens (tertiary/aromatic N) is 3. The Hall–Kier alpha value is -0.940. The van der Waals surface area contributed by atoms with E-state index in [1.165, 1.54) is 12.8 Å². The molecule has 5 heteroatoms. The Kier molecular flexibility index (Phi) is 4.58. The molecule has 1 aromatic rings. The third-order valence-electron chi connectivity index (χ3n) is 3.70. The van der Waals surface area contributed by atoms with Gasteiger partial charge in [-0.15, -0.1) is 0 Å². The van der Waals surface area contributed by atoms with Crippen molar-refractivity contribution < 1.29 is 4.52 Å². The van der Waals surface area contributed by atoms with Gasteiger partial charge in [-0.3, -0.25) is 4.90 Å². The van der Waals surface area contributed by atoms with Crippen molar-refractivity contribution in [3.8, 4) is 0 Å². The van der Waals surface area contributed by atoms with Gasteiger partial charge in [0, 0.05) is 5.41 Å². The molecule has 108 valence electrons. The first-order valence-electron chi connectivity index (χ1n) is 7.19. The Morgan fingerprint density at radius 3 is 2.53 bits per heavy atom. The van der Waals surface area contributed by atoms with Crippen LogP contribution in [0.4, 0.5) is 0 Å². The number of hydrogen-bond acceptors (Lipinski definition) is 5. The highest BCUT2D eigenvalue weighted by molar-refractivity contribution is 5.00. The van der Waals surface area contributed by atoms with Gasteiger partial charge in [-0.1, -0.05) is 25.9 Å². The lowest BCUT2D eigenvalue weighted by atomic mass is 9.96. The van der Waals surface area contributed by atoms with Crippen molar-refractivity contribution >= 4 is 0 Å². The summed E-state index contributed by atoms with van der Waals surface area (Å²) in [5, 5.41) is 7.34. The lowest BCUT2D eigenvalue weighted by Crippen LogP contribution is -2.36. The molecule has 1 aliphatic rings. The van der Waals surface area contributed by atoms with Crippen LogP contribution >= 0.6 is 0 Å². The number of likely N-dealkylation sites (tertiary alicyclic amines) is 1. The fourth-order valence-electron chi connectivity index (χ4n) is 2.45. The van der Waals surface area contributed by atoms with Crippen LogP contribution in [0.1, 0.15) is 45.3 Å². The average molecular weight is 266 g/mol. The Balaban J connectivity index is 1.84. The van der Waals surface area contributed by atoms with Gasteiger partial charge in [-0.25, -0.2) is 0 Å². The van der Waals surface area contributed by atoms with E-state index in [2.05, 4.69) is 41.1 Å². The van der Waals surface area contributed by atoms with Crippen LogP contribution in [0.2, 0.25) is 0 Å². The second kappa shape index (κ2) is 6.01. The zero-order valence-corrected chi connectivity index (χ0v) is 12.6. The molecule has 19 heavy (non-hydrogen) atoms. The van der Waals surface area contributed by atoms with E-state index in [1.807, 2.05) is 7.05 Å². The number of aromatic nitrogens is 2. The molecular formula is C14H26N4O. The largest absolute Gasteiger partial charge is 0.338 e. The number of piperidine rings is 1. The van der Waals surface area contributed by atoms with Crippen LogP contribution < -0.4 is 5.32 Å². The molecule has 2 rings (SSSR count). The van der Waals surface area contributed by atoms with E-state index < -0.39 is 0 Å². The quantitative estimate of drug-likeness (QED) is 0.900. The first kappa shape index (κ1) is 14.5. The van der Waals surface area contributed by atoms with Crippen LogP contribution in [-0.4, -0.2) is 41.7 Å². The molecule has 0 radical (unpaired) electrons. The number of nitrogens with one attached hydrogen (secondary N) is 1. The van der Waals surface area contributed by atoms with E-state index >= 15 is 0 Å². The fraction of sp³-hybridized carbons (Fsp3) is 0.857. The Labute approximate surface area is 115 Å². The molecule has 1 saturated heterocycles. The highest BCUT2D eigenvalue weighted by atomic mass is 16.5. The van der Waals surface area contributed by atoms with Crippen LogP contribution in [0.15, 0.2) is 4.52 Å². The Morgan fingerprint density at radius 2 is 2.00 bits per heavy atom. The van der Waals surface area contributed by atoms with Crippen molar-refractivity contribution in [1.82, 2.24) is 20.4 Å². The summed E-state index contributed by atoms with van der Waals surface area (Å²) in [5.74, 6) is 2.36. The molecule has 0 atom stereocenters. The van der Waals surface area contributed by atoms with E-state index in [-0.39, 0.29) is 5.41 Å². The minimum Gasteiger partial charge on any atom is -0.338 e. The van der Waals surface area contributed by atoms with E-state index in [9.17, 15) is 0 Å². The maximum Gasteiger partial charge on any atom is 0.240 e. The van der Waals surface area contributed by atoms with Crippen molar-refractivity contribution in [3.63, 3.8) is 0 Å². The molecule has 0 saturated carbocycles. The molecule has 0 spiro atoms. The van der Waals surface area contributed by atoms with Gasteiger partial charge in [-0.05, 0) is 45.4 Å². The van der Waals surface area contributed by atoms with Crippen LogP contribution in [0.25, 0.3) is 0 Å². The van der Waals surface area contributed by atoms with Crippen molar-refractivity contribution in [2.45, 2.75) is 45.6 Å². The molecule has 0 unspecified atom stereocenters. The van der Waals surface area contributed by atoms with Gasteiger partial charge < -0.3 is 9.84 Å². The molecule has 1 fully saturated rings. The van der Waals surface area contributed by atoms with Gasteiger partial charge in [0.15, 0.2) is 5.82 Å². The maximum atomic E-state index is 5.35. The molecular weight excluding hydrogens is 240 g/mol. The third kappa shape index (κ3) is 4.01. The summed E-state index contributed by atoms with van der Waals surface area (Å²) in [6.07, 6.45) is 2.50. The van der Waals surface area contributed by atoms with Crippen LogP contribution in [-0.2, 0) is 12.0 Å². The van der Waals surface area contributed by atoms with E-state index in [0.717, 1.165) is 43.8 Å². The number of hydrogen-bond donors (Lipinski definition) is 1. The predicted molar refractivity (Wildman–Crippen MR) is 74.9 cm³/mol. The lowest BCUT2D eigenvalue weighted by molar-refractivity contribution is 0.158. The topological polar surface area (TPSA) is 54.2 Å². The van der Waals surface area contributed by atoms with Crippen molar-refractivity contribution in [2.75, 3.05) is 26.7 Å². The Morgan fingerprint density at radius 1 is 1.32 bits per heavy atom. The summed E-state index contributed by atoms with van der Waals surface area (Å²) >= 11 is 0. The van der Waals surface area contributed by atoms with Crippen LogP contribution in [0, 0.1) is 5.92 Å². The van der Waals surface area contributed by atoms with Crippen molar-refractivity contribution in [2.24, 2.45) is 5.92 Å². The minimum absolute atomic E-state index is 0.0401. The van der Waals surface area contributed by atoms with E-state index in [0.29, 0.717) is 0 Å². The molecule has 1 N–H and O–H groups in total. The second-order valence-electron chi connectivity index (χ2n) is 6.54. The van der Waals surface area contributed by atoms with Crippen LogP contribution in [0.5, 0.6) is 0 Å².